The second-order valence-electron chi connectivity index (χ2n) is 5.67. The van der Waals surface area contributed by atoms with E-state index in [1.165, 1.54) is 4.88 Å². The van der Waals surface area contributed by atoms with E-state index >= 15 is 0 Å². The number of rotatable bonds is 2. The summed E-state index contributed by atoms with van der Waals surface area (Å²) >= 11 is 1.66. The molecule has 4 nitrogen and oxygen atoms in total. The van der Waals surface area contributed by atoms with E-state index in [2.05, 4.69) is 30.1 Å². The van der Waals surface area contributed by atoms with Crippen molar-refractivity contribution in [3.8, 4) is 10.8 Å². The number of nitrogens with zero attached hydrogens (tertiary/aromatic N) is 2. The first-order valence-corrected chi connectivity index (χ1v) is 7.58. The fourth-order valence-electron chi connectivity index (χ4n) is 2.58. The molecular formula is C14H19N3OS. The number of aryl methyl sites for hydroxylation is 1. The number of thiophene rings is 1. The SMILES string of the molecule is Cc1ccc(-c2nc(C3(N)CCC(C)CC3)no2)s1. The average molecular weight is 277 g/mol. The lowest BCUT2D eigenvalue weighted by Crippen LogP contribution is -2.41. The maximum absolute atomic E-state index is 6.46. The molecule has 0 spiro atoms. The largest absolute Gasteiger partial charge is 0.333 e. The molecule has 102 valence electrons. The van der Waals surface area contributed by atoms with Gasteiger partial charge in [0.2, 0.25) is 0 Å². The molecule has 1 aliphatic carbocycles. The topological polar surface area (TPSA) is 64.9 Å². The summed E-state index contributed by atoms with van der Waals surface area (Å²) in [5, 5.41) is 4.12. The van der Waals surface area contributed by atoms with Gasteiger partial charge in [-0.3, -0.25) is 0 Å². The first-order valence-electron chi connectivity index (χ1n) is 6.77. The predicted molar refractivity (Wildman–Crippen MR) is 75.8 cm³/mol. The van der Waals surface area contributed by atoms with Crippen molar-refractivity contribution in [3.63, 3.8) is 0 Å². The fraction of sp³-hybridized carbons (Fsp3) is 0.571. The minimum atomic E-state index is -0.402. The zero-order chi connectivity index (χ0) is 13.5. The van der Waals surface area contributed by atoms with Gasteiger partial charge in [-0.2, -0.15) is 4.98 Å². The van der Waals surface area contributed by atoms with E-state index in [0.29, 0.717) is 11.7 Å². The highest BCUT2D eigenvalue weighted by Crippen LogP contribution is 2.37. The molecule has 0 aliphatic heterocycles. The van der Waals surface area contributed by atoms with Crippen molar-refractivity contribution >= 4 is 11.3 Å². The van der Waals surface area contributed by atoms with Gasteiger partial charge < -0.3 is 10.3 Å². The van der Waals surface area contributed by atoms with Crippen LogP contribution in [0.15, 0.2) is 16.7 Å². The molecule has 1 aliphatic rings. The van der Waals surface area contributed by atoms with E-state index in [0.717, 1.165) is 36.5 Å². The number of nitrogens with two attached hydrogens (primary N) is 1. The van der Waals surface area contributed by atoms with Gasteiger partial charge in [0.15, 0.2) is 5.82 Å². The zero-order valence-corrected chi connectivity index (χ0v) is 12.2. The van der Waals surface area contributed by atoms with Crippen LogP contribution in [0.5, 0.6) is 0 Å². The Labute approximate surface area is 117 Å². The van der Waals surface area contributed by atoms with E-state index in [9.17, 15) is 0 Å². The van der Waals surface area contributed by atoms with E-state index in [4.69, 9.17) is 10.3 Å². The van der Waals surface area contributed by atoms with Crippen LogP contribution in [-0.4, -0.2) is 10.1 Å². The van der Waals surface area contributed by atoms with Crippen LogP contribution in [0, 0.1) is 12.8 Å². The predicted octanol–water partition coefficient (Wildman–Crippen LogP) is 3.47. The first kappa shape index (κ1) is 12.8. The molecule has 2 aromatic rings. The second-order valence-corrected chi connectivity index (χ2v) is 6.96. The maximum Gasteiger partial charge on any atom is 0.268 e. The molecule has 5 heteroatoms. The summed E-state index contributed by atoms with van der Waals surface area (Å²) in [5.74, 6) is 2.01. The Morgan fingerprint density at radius 1 is 1.37 bits per heavy atom. The summed E-state index contributed by atoms with van der Waals surface area (Å²) in [6, 6.07) is 4.08. The van der Waals surface area contributed by atoms with Gasteiger partial charge in [0.1, 0.15) is 0 Å². The van der Waals surface area contributed by atoms with Crippen LogP contribution in [0.2, 0.25) is 0 Å². The third-order valence-corrected chi connectivity index (χ3v) is 4.98. The first-order chi connectivity index (χ1) is 9.07. The van der Waals surface area contributed by atoms with Crippen LogP contribution in [0.25, 0.3) is 10.8 Å². The second kappa shape index (κ2) is 4.72. The summed E-state index contributed by atoms with van der Waals surface area (Å²) in [6.45, 7) is 4.34. The molecule has 0 bridgehead atoms. The minimum Gasteiger partial charge on any atom is -0.333 e. The van der Waals surface area contributed by atoms with Gasteiger partial charge in [0, 0.05) is 4.88 Å². The molecule has 0 saturated heterocycles. The van der Waals surface area contributed by atoms with Crippen molar-refractivity contribution in [2.45, 2.75) is 45.1 Å². The third-order valence-electron chi connectivity index (χ3n) is 3.99. The van der Waals surface area contributed by atoms with Gasteiger partial charge in [-0.1, -0.05) is 12.1 Å². The number of hydrogen-bond donors (Lipinski definition) is 1. The van der Waals surface area contributed by atoms with Crippen LogP contribution >= 0.6 is 11.3 Å². The Kier molecular flexibility index (Phi) is 3.19. The van der Waals surface area contributed by atoms with E-state index in [-0.39, 0.29) is 0 Å². The Balaban J connectivity index is 1.85. The molecule has 1 fully saturated rings. The molecule has 0 aromatic carbocycles. The molecule has 0 unspecified atom stereocenters. The molecule has 2 aromatic heterocycles. The Morgan fingerprint density at radius 3 is 2.74 bits per heavy atom. The normalized spacial score (nSPS) is 27.6. The highest BCUT2D eigenvalue weighted by Gasteiger charge is 2.36. The monoisotopic (exact) mass is 277 g/mol. The van der Waals surface area contributed by atoms with Crippen molar-refractivity contribution in [2.24, 2.45) is 11.7 Å². The smallest absolute Gasteiger partial charge is 0.268 e. The Morgan fingerprint density at radius 2 is 2.11 bits per heavy atom. The van der Waals surface area contributed by atoms with Crippen molar-refractivity contribution in [1.29, 1.82) is 0 Å². The standard InChI is InChI=1S/C14H19N3OS/c1-9-5-7-14(15,8-6-9)13-16-12(18-17-13)11-4-3-10(2)19-11/h3-4,9H,5-8,15H2,1-2H3. The van der Waals surface area contributed by atoms with Gasteiger partial charge in [0.05, 0.1) is 10.4 Å². The van der Waals surface area contributed by atoms with Crippen LogP contribution in [0.1, 0.15) is 43.3 Å². The van der Waals surface area contributed by atoms with Gasteiger partial charge in [-0.05, 0) is 50.7 Å². The Bertz CT molecular complexity index is 567. The average Bonchev–Trinajstić information content (AvgIpc) is 3.02. The molecular weight excluding hydrogens is 258 g/mol. The lowest BCUT2D eigenvalue weighted by molar-refractivity contribution is 0.230. The molecule has 0 amide bonds. The highest BCUT2D eigenvalue weighted by atomic mass is 32.1. The van der Waals surface area contributed by atoms with Crippen LogP contribution < -0.4 is 5.73 Å². The van der Waals surface area contributed by atoms with Gasteiger partial charge in [-0.15, -0.1) is 11.3 Å². The van der Waals surface area contributed by atoms with Crippen LogP contribution in [0.4, 0.5) is 0 Å². The molecule has 19 heavy (non-hydrogen) atoms. The van der Waals surface area contributed by atoms with Crippen molar-refractivity contribution in [2.75, 3.05) is 0 Å². The molecule has 2 N–H and O–H groups in total. The lowest BCUT2D eigenvalue weighted by atomic mass is 9.77. The van der Waals surface area contributed by atoms with Crippen LogP contribution in [-0.2, 0) is 5.54 Å². The highest BCUT2D eigenvalue weighted by molar-refractivity contribution is 7.15. The molecule has 1 saturated carbocycles. The maximum atomic E-state index is 6.46. The van der Waals surface area contributed by atoms with Crippen molar-refractivity contribution in [3.05, 3.63) is 22.8 Å². The molecule has 2 heterocycles. The summed E-state index contributed by atoms with van der Waals surface area (Å²) < 4.78 is 5.38. The van der Waals surface area contributed by atoms with Gasteiger partial charge in [0.25, 0.3) is 5.89 Å². The van der Waals surface area contributed by atoms with Gasteiger partial charge >= 0.3 is 0 Å². The van der Waals surface area contributed by atoms with Crippen molar-refractivity contribution in [1.82, 2.24) is 10.1 Å². The summed E-state index contributed by atoms with van der Waals surface area (Å²) in [6.07, 6.45) is 4.16. The number of aromatic nitrogens is 2. The molecule has 0 atom stereocenters. The summed E-state index contributed by atoms with van der Waals surface area (Å²) in [5.41, 5.74) is 6.06. The molecule has 3 rings (SSSR count). The quantitative estimate of drug-likeness (QED) is 0.912. The Hall–Kier alpha value is -1.20. The lowest BCUT2D eigenvalue weighted by Gasteiger charge is -2.33. The van der Waals surface area contributed by atoms with Crippen LogP contribution in [0.3, 0.4) is 0 Å². The van der Waals surface area contributed by atoms with Crippen molar-refractivity contribution < 1.29 is 4.52 Å². The van der Waals surface area contributed by atoms with Gasteiger partial charge in [-0.25, -0.2) is 0 Å². The summed E-state index contributed by atoms with van der Waals surface area (Å²) in [4.78, 5) is 6.78. The number of hydrogen-bond acceptors (Lipinski definition) is 5. The summed E-state index contributed by atoms with van der Waals surface area (Å²) in [7, 11) is 0. The minimum absolute atomic E-state index is 0.402. The van der Waals surface area contributed by atoms with E-state index < -0.39 is 5.54 Å². The van der Waals surface area contributed by atoms with E-state index in [1.807, 2.05) is 6.07 Å². The zero-order valence-electron chi connectivity index (χ0n) is 11.3. The fourth-order valence-corrected chi connectivity index (χ4v) is 3.37. The third kappa shape index (κ3) is 2.44. The van der Waals surface area contributed by atoms with E-state index in [1.54, 1.807) is 11.3 Å². The molecule has 0 radical (unpaired) electrons.